The first kappa shape index (κ1) is 29.0. The van der Waals surface area contributed by atoms with Gasteiger partial charge in [0.1, 0.15) is 12.8 Å². The van der Waals surface area contributed by atoms with Crippen LogP contribution in [0, 0.1) is 5.92 Å². The number of amides is 1. The van der Waals surface area contributed by atoms with Gasteiger partial charge in [-0.15, -0.1) is 0 Å². The minimum atomic E-state index is -0.529. The Bertz CT molecular complexity index is 1370. The van der Waals surface area contributed by atoms with E-state index < -0.39 is 5.97 Å². The summed E-state index contributed by atoms with van der Waals surface area (Å²) in [5.41, 5.74) is 1.30. The second-order valence-corrected chi connectivity index (χ2v) is 10.3. The Morgan fingerprint density at radius 1 is 1.07 bits per heavy atom. The molecule has 3 heterocycles. The lowest BCUT2D eigenvalue weighted by Gasteiger charge is -2.36. The third-order valence-corrected chi connectivity index (χ3v) is 7.53. The molecule has 1 fully saturated rings. The van der Waals surface area contributed by atoms with Gasteiger partial charge in [0, 0.05) is 55.3 Å². The van der Waals surface area contributed by atoms with Crippen LogP contribution in [0.25, 0.3) is 10.8 Å². The molecule has 2 aromatic heterocycles. The Balaban J connectivity index is 1.54. The molecular weight excluding hydrogens is 508 g/mol. The van der Waals surface area contributed by atoms with E-state index in [1.807, 2.05) is 30.6 Å². The van der Waals surface area contributed by atoms with Crippen LogP contribution in [-0.2, 0) is 25.7 Å². The molecule has 0 N–H and O–H groups in total. The number of carbonyl (C=O) groups is 3. The number of ether oxygens (including phenoxy) is 1. The van der Waals surface area contributed by atoms with E-state index in [-0.39, 0.29) is 23.9 Å². The van der Waals surface area contributed by atoms with E-state index in [1.54, 1.807) is 17.2 Å². The predicted molar refractivity (Wildman–Crippen MR) is 156 cm³/mol. The van der Waals surface area contributed by atoms with E-state index >= 15 is 0 Å². The molecule has 0 spiro atoms. The van der Waals surface area contributed by atoms with Crippen LogP contribution in [-0.4, -0.2) is 54.5 Å². The number of nitrogens with zero attached hydrogens (tertiary/aromatic N) is 4. The highest BCUT2D eigenvalue weighted by molar-refractivity contribution is 5.96. The van der Waals surface area contributed by atoms with Gasteiger partial charge in [-0.05, 0) is 31.7 Å². The van der Waals surface area contributed by atoms with Crippen LogP contribution < -0.4 is 15.4 Å². The number of hydrogen-bond acceptors (Lipinski definition) is 7. The number of aldehydes is 1. The second-order valence-electron chi connectivity index (χ2n) is 10.3. The van der Waals surface area contributed by atoms with Crippen LogP contribution in [0.5, 0.6) is 0 Å². The van der Waals surface area contributed by atoms with Crippen LogP contribution in [0.3, 0.4) is 0 Å². The molecule has 9 heteroatoms. The number of rotatable bonds is 13. The van der Waals surface area contributed by atoms with E-state index in [0.29, 0.717) is 25.2 Å². The Labute approximate surface area is 234 Å². The van der Waals surface area contributed by atoms with Gasteiger partial charge in [-0.1, -0.05) is 43.5 Å². The number of piperidine rings is 1. The van der Waals surface area contributed by atoms with Crippen LogP contribution in [0.15, 0.2) is 59.8 Å². The monoisotopic (exact) mass is 546 g/mol. The number of esters is 1. The fraction of sp³-hybridized carbons (Fsp3) is 0.452. The molecule has 1 amide bonds. The lowest BCUT2D eigenvalue weighted by Crippen LogP contribution is -2.45. The molecule has 0 radical (unpaired) electrons. The van der Waals surface area contributed by atoms with Crippen molar-refractivity contribution in [3.05, 3.63) is 65.3 Å². The molecule has 1 aliphatic heterocycles. The third kappa shape index (κ3) is 7.34. The van der Waals surface area contributed by atoms with Crippen molar-refractivity contribution in [1.29, 1.82) is 0 Å². The number of unbranched alkanes of at least 4 members (excludes halogenated alkanes) is 5. The highest BCUT2D eigenvalue weighted by Gasteiger charge is 2.31. The zero-order chi connectivity index (χ0) is 28.3. The average molecular weight is 547 g/mol. The van der Waals surface area contributed by atoms with E-state index in [1.165, 1.54) is 17.7 Å². The summed E-state index contributed by atoms with van der Waals surface area (Å²) in [5, 5.41) is 2.18. The molecule has 1 atom stereocenters. The highest BCUT2D eigenvalue weighted by Crippen LogP contribution is 2.31. The third-order valence-electron chi connectivity index (χ3n) is 7.53. The standard InChI is InChI=1S/C31H38N4O5/c1-40-30(38)23-34-22-26(14-15-29(34)37)35(17-8-4-2-3-5-9-18-36)31(39)25-12-10-16-33(21-25)28-20-32-19-24-11-6-7-13-27(24)28/h6-7,11,13-15,18-20,22,25H,2-5,8-10,12,16-17,21,23H2,1H3/t25-/m0/s1. The van der Waals surface area contributed by atoms with Crippen molar-refractivity contribution in [1.82, 2.24) is 9.55 Å². The topological polar surface area (TPSA) is 102 Å². The van der Waals surface area contributed by atoms with Gasteiger partial charge >= 0.3 is 5.97 Å². The first-order valence-corrected chi connectivity index (χ1v) is 14.1. The van der Waals surface area contributed by atoms with Crippen molar-refractivity contribution in [2.75, 3.05) is 36.5 Å². The summed E-state index contributed by atoms with van der Waals surface area (Å²) in [4.78, 5) is 57.4. The van der Waals surface area contributed by atoms with Gasteiger partial charge in [-0.2, -0.15) is 0 Å². The molecule has 1 aliphatic rings. The number of hydrogen-bond donors (Lipinski definition) is 0. The number of anilines is 2. The molecule has 3 aromatic rings. The molecule has 0 aliphatic carbocycles. The van der Waals surface area contributed by atoms with Crippen molar-refractivity contribution in [3.8, 4) is 0 Å². The molecule has 0 unspecified atom stereocenters. The van der Waals surface area contributed by atoms with Gasteiger partial charge in [-0.3, -0.25) is 19.4 Å². The van der Waals surface area contributed by atoms with Crippen LogP contribution >= 0.6 is 0 Å². The first-order valence-electron chi connectivity index (χ1n) is 14.1. The minimum absolute atomic E-state index is 0.0158. The lowest BCUT2D eigenvalue weighted by molar-refractivity contribution is -0.141. The zero-order valence-electron chi connectivity index (χ0n) is 23.2. The minimum Gasteiger partial charge on any atom is -0.468 e. The zero-order valence-corrected chi connectivity index (χ0v) is 23.2. The number of methoxy groups -OCH3 is 1. The summed E-state index contributed by atoms with van der Waals surface area (Å²) in [6.07, 6.45) is 13.1. The van der Waals surface area contributed by atoms with Crippen LogP contribution in [0.2, 0.25) is 0 Å². The van der Waals surface area contributed by atoms with Gasteiger partial charge in [0.15, 0.2) is 0 Å². The number of fused-ring (bicyclic) bond motifs is 1. The Kier molecular flexibility index (Phi) is 10.4. The maximum Gasteiger partial charge on any atom is 0.325 e. The van der Waals surface area contributed by atoms with Crippen molar-refractivity contribution < 1.29 is 19.1 Å². The van der Waals surface area contributed by atoms with Crippen molar-refractivity contribution in [3.63, 3.8) is 0 Å². The van der Waals surface area contributed by atoms with Crippen LogP contribution in [0.1, 0.15) is 51.4 Å². The predicted octanol–water partition coefficient (Wildman–Crippen LogP) is 4.36. The average Bonchev–Trinajstić information content (AvgIpc) is 2.99. The summed E-state index contributed by atoms with van der Waals surface area (Å²) < 4.78 is 6.03. The van der Waals surface area contributed by atoms with Crippen molar-refractivity contribution in [2.24, 2.45) is 5.92 Å². The van der Waals surface area contributed by atoms with E-state index in [0.717, 1.165) is 74.2 Å². The number of benzene rings is 1. The Morgan fingerprint density at radius 3 is 2.70 bits per heavy atom. The van der Waals surface area contributed by atoms with Gasteiger partial charge < -0.3 is 23.9 Å². The smallest absolute Gasteiger partial charge is 0.325 e. The number of carbonyl (C=O) groups excluding carboxylic acids is 3. The lowest BCUT2D eigenvalue weighted by atomic mass is 9.95. The first-order chi connectivity index (χ1) is 19.5. The fourth-order valence-electron chi connectivity index (χ4n) is 5.37. The maximum atomic E-state index is 14.1. The Morgan fingerprint density at radius 2 is 1.88 bits per heavy atom. The summed E-state index contributed by atoms with van der Waals surface area (Å²) in [5.74, 6) is -0.734. The van der Waals surface area contributed by atoms with Crippen LogP contribution in [0.4, 0.5) is 11.4 Å². The SMILES string of the molecule is COC(=O)Cn1cc(N(CCCCCCCC=O)C(=O)[C@H]2CCCN(c3cncc4ccccc34)C2)ccc1=O. The van der Waals surface area contributed by atoms with Crippen molar-refractivity contribution >= 4 is 40.3 Å². The number of aromatic nitrogens is 2. The molecule has 212 valence electrons. The molecular formula is C31H38N4O5. The second kappa shape index (κ2) is 14.4. The molecule has 1 aromatic carbocycles. The quantitative estimate of drug-likeness (QED) is 0.178. The van der Waals surface area contributed by atoms with E-state index in [9.17, 15) is 19.2 Å². The molecule has 9 nitrogen and oxygen atoms in total. The van der Waals surface area contributed by atoms with Gasteiger partial charge in [0.25, 0.3) is 5.56 Å². The van der Waals surface area contributed by atoms with E-state index in [2.05, 4.69) is 16.0 Å². The summed E-state index contributed by atoms with van der Waals surface area (Å²) >= 11 is 0. The summed E-state index contributed by atoms with van der Waals surface area (Å²) in [6, 6.07) is 11.2. The van der Waals surface area contributed by atoms with Crippen molar-refractivity contribution in [2.45, 2.75) is 57.9 Å². The fourth-order valence-corrected chi connectivity index (χ4v) is 5.37. The molecule has 0 bridgehead atoms. The normalized spacial score (nSPS) is 15.1. The summed E-state index contributed by atoms with van der Waals surface area (Å²) in [6.45, 7) is 1.73. The Hall–Kier alpha value is -4.01. The van der Waals surface area contributed by atoms with Gasteiger partial charge in [-0.25, -0.2) is 0 Å². The largest absolute Gasteiger partial charge is 0.468 e. The molecule has 1 saturated heterocycles. The van der Waals surface area contributed by atoms with Gasteiger partial charge in [0.05, 0.1) is 30.6 Å². The van der Waals surface area contributed by atoms with E-state index in [4.69, 9.17) is 4.74 Å². The maximum absolute atomic E-state index is 14.1. The van der Waals surface area contributed by atoms with Gasteiger partial charge in [0.2, 0.25) is 5.91 Å². The molecule has 4 rings (SSSR count). The molecule has 0 saturated carbocycles. The molecule has 40 heavy (non-hydrogen) atoms. The highest BCUT2D eigenvalue weighted by atomic mass is 16.5. The number of pyridine rings is 2. The summed E-state index contributed by atoms with van der Waals surface area (Å²) in [7, 11) is 1.28.